The molecule has 0 radical (unpaired) electrons. The molecule has 0 aliphatic heterocycles. The average Bonchev–Trinajstić information content (AvgIpc) is 3.01. The van der Waals surface area contributed by atoms with Gasteiger partial charge in [-0.25, -0.2) is 9.97 Å². The molecule has 4 nitrogen and oxygen atoms in total. The summed E-state index contributed by atoms with van der Waals surface area (Å²) < 4.78 is 2.07. The smallest absolute Gasteiger partial charge is 0.139 e. The molecule has 4 heteroatoms. The molecule has 2 aromatic heterocycles. The van der Waals surface area contributed by atoms with Crippen LogP contribution in [0.4, 0.5) is 0 Å². The van der Waals surface area contributed by atoms with Crippen LogP contribution in [0, 0.1) is 0 Å². The van der Waals surface area contributed by atoms with Crippen LogP contribution in [0.15, 0.2) is 42.7 Å². The van der Waals surface area contributed by atoms with Crippen LogP contribution in [0.25, 0.3) is 16.7 Å². The van der Waals surface area contributed by atoms with Crippen LogP contribution in [-0.4, -0.2) is 21.1 Å². The largest absolute Gasteiger partial charge is 0.313 e. The van der Waals surface area contributed by atoms with E-state index in [1.54, 1.807) is 0 Å². The van der Waals surface area contributed by atoms with Crippen LogP contribution < -0.4 is 5.32 Å². The number of rotatable bonds is 5. The maximum Gasteiger partial charge on any atom is 0.139 e. The first-order valence-electron chi connectivity index (χ1n) is 7.45. The van der Waals surface area contributed by atoms with Gasteiger partial charge in [0.2, 0.25) is 0 Å². The molecule has 0 aliphatic carbocycles. The van der Waals surface area contributed by atoms with E-state index in [-0.39, 0.29) is 0 Å². The van der Waals surface area contributed by atoms with Crippen molar-refractivity contribution < 1.29 is 0 Å². The summed E-state index contributed by atoms with van der Waals surface area (Å²) in [4.78, 5) is 9.18. The van der Waals surface area contributed by atoms with Gasteiger partial charge in [0.1, 0.15) is 11.6 Å². The zero-order valence-corrected chi connectivity index (χ0v) is 12.5. The maximum absolute atomic E-state index is 4.79. The number of pyridine rings is 1. The van der Waals surface area contributed by atoms with Gasteiger partial charge in [-0.1, -0.05) is 32.0 Å². The van der Waals surface area contributed by atoms with Crippen LogP contribution in [0.2, 0.25) is 0 Å². The second kappa shape index (κ2) is 6.06. The monoisotopic (exact) mass is 280 g/mol. The minimum Gasteiger partial charge on any atom is -0.313 e. The molecule has 0 saturated heterocycles. The lowest BCUT2D eigenvalue weighted by molar-refractivity contribution is 0.728. The summed E-state index contributed by atoms with van der Waals surface area (Å²) in [5, 5.41) is 4.61. The van der Waals surface area contributed by atoms with Gasteiger partial charge in [0.25, 0.3) is 0 Å². The van der Waals surface area contributed by atoms with Crippen LogP contribution >= 0.6 is 0 Å². The fourth-order valence-corrected chi connectivity index (χ4v) is 2.57. The van der Waals surface area contributed by atoms with Crippen LogP contribution in [0.5, 0.6) is 0 Å². The van der Waals surface area contributed by atoms with Gasteiger partial charge in [0.15, 0.2) is 0 Å². The number of benzene rings is 1. The highest BCUT2D eigenvalue weighted by molar-refractivity contribution is 5.83. The zero-order chi connectivity index (χ0) is 14.7. The molecule has 0 atom stereocenters. The highest BCUT2D eigenvalue weighted by Gasteiger charge is 2.09. The van der Waals surface area contributed by atoms with Gasteiger partial charge in [-0.15, -0.1) is 0 Å². The Hall–Kier alpha value is -2.20. The molecule has 3 aromatic rings. The predicted octanol–water partition coefficient (Wildman–Crippen LogP) is 3.09. The molecular weight excluding hydrogens is 260 g/mol. The number of para-hydroxylation sites is 1. The Balaban J connectivity index is 2.15. The summed E-state index contributed by atoms with van der Waals surface area (Å²) in [5.74, 6) is 1.98. The fraction of sp³-hybridized carbons (Fsp3) is 0.294. The Morgan fingerprint density at radius 2 is 2.05 bits per heavy atom. The van der Waals surface area contributed by atoms with E-state index in [0.717, 1.165) is 36.7 Å². The van der Waals surface area contributed by atoms with Gasteiger partial charge in [-0.3, -0.25) is 4.57 Å². The minimum absolute atomic E-state index is 0.850. The van der Waals surface area contributed by atoms with E-state index in [9.17, 15) is 0 Å². The van der Waals surface area contributed by atoms with E-state index in [4.69, 9.17) is 4.98 Å². The number of nitrogens with zero attached hydrogens (tertiary/aromatic N) is 3. The average molecular weight is 280 g/mol. The van der Waals surface area contributed by atoms with Gasteiger partial charge in [-0.05, 0) is 24.2 Å². The lowest BCUT2D eigenvalue weighted by Gasteiger charge is -2.12. The molecule has 108 valence electrons. The Morgan fingerprint density at radius 1 is 1.19 bits per heavy atom. The highest BCUT2D eigenvalue weighted by Crippen LogP contribution is 2.21. The van der Waals surface area contributed by atoms with Crippen molar-refractivity contribution in [3.8, 4) is 5.82 Å². The Kier molecular flexibility index (Phi) is 3.97. The standard InChI is InChI=1S/C17H20N4/c1-3-16-19-9-10-21(16)17-11-13(12-18-4-2)14-7-5-6-8-15(14)20-17/h5-11,18H,3-4,12H2,1-2H3. The number of hydrogen-bond acceptors (Lipinski definition) is 3. The van der Waals surface area contributed by atoms with Crippen molar-refractivity contribution in [2.75, 3.05) is 6.54 Å². The van der Waals surface area contributed by atoms with Crippen LogP contribution in [0.3, 0.4) is 0 Å². The van der Waals surface area contributed by atoms with Crippen molar-refractivity contribution in [3.05, 3.63) is 54.1 Å². The van der Waals surface area contributed by atoms with Gasteiger partial charge >= 0.3 is 0 Å². The molecule has 1 aromatic carbocycles. The molecule has 0 saturated carbocycles. The van der Waals surface area contributed by atoms with Gasteiger partial charge < -0.3 is 5.32 Å². The number of aryl methyl sites for hydroxylation is 1. The van der Waals surface area contributed by atoms with E-state index in [1.807, 2.05) is 18.5 Å². The third-order valence-electron chi connectivity index (χ3n) is 3.63. The van der Waals surface area contributed by atoms with Crippen LogP contribution in [0.1, 0.15) is 25.2 Å². The summed E-state index contributed by atoms with van der Waals surface area (Å²) in [6.07, 6.45) is 4.71. The molecular formula is C17H20N4. The topological polar surface area (TPSA) is 42.7 Å². The van der Waals surface area contributed by atoms with E-state index >= 15 is 0 Å². The lowest BCUT2D eigenvalue weighted by Crippen LogP contribution is -2.13. The molecule has 0 bridgehead atoms. The number of nitrogens with one attached hydrogen (secondary N) is 1. The summed E-state index contributed by atoms with van der Waals surface area (Å²) in [5.41, 5.74) is 2.30. The molecule has 2 heterocycles. The fourth-order valence-electron chi connectivity index (χ4n) is 2.57. The lowest BCUT2D eigenvalue weighted by atomic mass is 10.1. The third kappa shape index (κ3) is 2.67. The van der Waals surface area contributed by atoms with Gasteiger partial charge in [0, 0.05) is 30.7 Å². The Labute approximate surface area is 124 Å². The van der Waals surface area contributed by atoms with Crippen molar-refractivity contribution in [3.63, 3.8) is 0 Å². The van der Waals surface area contributed by atoms with E-state index in [2.05, 4.69) is 53.0 Å². The molecule has 3 rings (SSSR count). The van der Waals surface area contributed by atoms with Crippen molar-refractivity contribution >= 4 is 10.9 Å². The molecule has 0 amide bonds. The Morgan fingerprint density at radius 3 is 2.86 bits per heavy atom. The zero-order valence-electron chi connectivity index (χ0n) is 12.5. The van der Waals surface area contributed by atoms with E-state index in [1.165, 1.54) is 10.9 Å². The van der Waals surface area contributed by atoms with Crippen molar-refractivity contribution in [1.29, 1.82) is 0 Å². The van der Waals surface area contributed by atoms with Crippen molar-refractivity contribution in [2.45, 2.75) is 26.8 Å². The summed E-state index contributed by atoms with van der Waals surface area (Å²) >= 11 is 0. The molecule has 0 unspecified atom stereocenters. The SMILES string of the molecule is CCNCc1cc(-n2ccnc2CC)nc2ccccc12. The summed E-state index contributed by atoms with van der Waals surface area (Å²) in [6.45, 7) is 6.04. The first-order chi connectivity index (χ1) is 10.3. The van der Waals surface area contributed by atoms with E-state index in [0.29, 0.717) is 0 Å². The minimum atomic E-state index is 0.850. The molecule has 0 fully saturated rings. The molecule has 21 heavy (non-hydrogen) atoms. The van der Waals surface area contributed by atoms with E-state index < -0.39 is 0 Å². The quantitative estimate of drug-likeness (QED) is 0.781. The third-order valence-corrected chi connectivity index (χ3v) is 3.63. The molecule has 0 spiro atoms. The van der Waals surface area contributed by atoms with Crippen molar-refractivity contribution in [2.24, 2.45) is 0 Å². The number of hydrogen-bond donors (Lipinski definition) is 1. The predicted molar refractivity (Wildman–Crippen MR) is 85.6 cm³/mol. The van der Waals surface area contributed by atoms with Crippen molar-refractivity contribution in [1.82, 2.24) is 19.9 Å². The second-order valence-corrected chi connectivity index (χ2v) is 5.00. The second-order valence-electron chi connectivity index (χ2n) is 5.00. The highest BCUT2D eigenvalue weighted by atomic mass is 15.1. The number of imidazole rings is 1. The first kappa shape index (κ1) is 13.8. The summed E-state index contributed by atoms with van der Waals surface area (Å²) in [6, 6.07) is 10.5. The number of aromatic nitrogens is 3. The van der Waals surface area contributed by atoms with Crippen LogP contribution in [-0.2, 0) is 13.0 Å². The number of fused-ring (bicyclic) bond motifs is 1. The Bertz CT molecular complexity index is 745. The molecule has 1 N–H and O–H groups in total. The summed E-state index contributed by atoms with van der Waals surface area (Å²) in [7, 11) is 0. The first-order valence-corrected chi connectivity index (χ1v) is 7.45. The van der Waals surface area contributed by atoms with Gasteiger partial charge in [0.05, 0.1) is 5.52 Å². The van der Waals surface area contributed by atoms with Gasteiger partial charge in [-0.2, -0.15) is 0 Å². The maximum atomic E-state index is 4.79. The molecule has 0 aliphatic rings. The normalized spacial score (nSPS) is 11.1.